The third kappa shape index (κ3) is 4.33. The second-order valence-corrected chi connectivity index (χ2v) is 3.47. The van der Waals surface area contributed by atoms with Crippen molar-refractivity contribution in [3.63, 3.8) is 0 Å². The summed E-state index contributed by atoms with van der Waals surface area (Å²) in [7, 11) is 0. The quantitative estimate of drug-likeness (QED) is 0.535. The van der Waals surface area contributed by atoms with Gasteiger partial charge in [-0.05, 0) is 19.1 Å². The Morgan fingerprint density at radius 2 is 1.88 bits per heavy atom. The Morgan fingerprint density at radius 3 is 2.47 bits per heavy atom. The molecule has 0 saturated heterocycles. The molecule has 1 aromatic carbocycles. The van der Waals surface area contributed by atoms with Gasteiger partial charge in [-0.15, -0.1) is 0 Å². The molecular formula is C11H13N3O3. The molecule has 3 amide bonds. The molecule has 0 bridgehead atoms. The number of rotatable bonds is 3. The van der Waals surface area contributed by atoms with Crippen LogP contribution in [0.1, 0.15) is 13.3 Å². The van der Waals surface area contributed by atoms with Crippen molar-refractivity contribution >= 4 is 29.1 Å². The molecule has 0 fully saturated rings. The predicted octanol–water partition coefficient (Wildman–Crippen LogP) is 0.896. The van der Waals surface area contributed by atoms with Crippen molar-refractivity contribution in [2.45, 2.75) is 13.3 Å². The molecule has 0 spiro atoms. The number of nitrogens with two attached hydrogens (primary N) is 1. The van der Waals surface area contributed by atoms with E-state index in [4.69, 9.17) is 5.73 Å². The Bertz CT molecular complexity index is 457. The molecule has 6 nitrogen and oxygen atoms in total. The fourth-order valence-corrected chi connectivity index (χ4v) is 1.16. The van der Waals surface area contributed by atoms with Gasteiger partial charge in [0.15, 0.2) is 0 Å². The average molecular weight is 235 g/mol. The molecule has 0 heterocycles. The summed E-state index contributed by atoms with van der Waals surface area (Å²) >= 11 is 0. The number of para-hydroxylation sites is 2. The van der Waals surface area contributed by atoms with Crippen molar-refractivity contribution in [3.05, 3.63) is 24.3 Å². The molecule has 1 rings (SSSR count). The molecule has 0 aliphatic carbocycles. The Balaban J connectivity index is 2.53. The number of nitrogen functional groups attached to an aromatic ring is 1. The highest BCUT2D eigenvalue weighted by atomic mass is 16.2. The van der Waals surface area contributed by atoms with Crippen molar-refractivity contribution < 1.29 is 14.4 Å². The van der Waals surface area contributed by atoms with E-state index in [9.17, 15) is 14.4 Å². The lowest BCUT2D eigenvalue weighted by Crippen LogP contribution is -2.35. The predicted molar refractivity (Wildman–Crippen MR) is 63.3 cm³/mol. The average Bonchev–Trinajstić information content (AvgIpc) is 2.19. The molecule has 0 aromatic heterocycles. The fraction of sp³-hybridized carbons (Fsp3) is 0.182. The number of hydrogen-bond donors (Lipinski definition) is 3. The van der Waals surface area contributed by atoms with Crippen LogP contribution in [-0.4, -0.2) is 17.7 Å². The van der Waals surface area contributed by atoms with E-state index in [0.717, 1.165) is 0 Å². The number of anilines is 2. The van der Waals surface area contributed by atoms with Crippen molar-refractivity contribution in [1.29, 1.82) is 0 Å². The SMILES string of the molecule is CC(=O)CC(=O)NC(=O)Nc1ccccc1N. The number of hydrogen-bond acceptors (Lipinski definition) is 4. The van der Waals surface area contributed by atoms with Crippen LogP contribution in [0.15, 0.2) is 24.3 Å². The highest BCUT2D eigenvalue weighted by molar-refractivity contribution is 6.07. The molecular weight excluding hydrogens is 222 g/mol. The standard InChI is InChI=1S/C11H13N3O3/c1-7(15)6-10(16)14-11(17)13-9-5-3-2-4-8(9)12/h2-5H,6,12H2,1H3,(H2,13,14,16,17). The van der Waals surface area contributed by atoms with Gasteiger partial charge in [0.05, 0.1) is 17.8 Å². The van der Waals surface area contributed by atoms with Gasteiger partial charge in [-0.1, -0.05) is 12.1 Å². The second-order valence-electron chi connectivity index (χ2n) is 3.47. The Kier molecular flexibility index (Phi) is 4.21. The largest absolute Gasteiger partial charge is 0.397 e. The third-order valence-electron chi connectivity index (χ3n) is 1.87. The van der Waals surface area contributed by atoms with Crippen LogP contribution in [0, 0.1) is 0 Å². The van der Waals surface area contributed by atoms with E-state index in [0.29, 0.717) is 11.4 Å². The Hall–Kier alpha value is -2.37. The lowest BCUT2D eigenvalue weighted by atomic mass is 10.3. The monoisotopic (exact) mass is 235 g/mol. The first-order chi connectivity index (χ1) is 7.99. The molecule has 6 heteroatoms. The van der Waals surface area contributed by atoms with Gasteiger partial charge in [0.2, 0.25) is 5.91 Å². The van der Waals surface area contributed by atoms with E-state index in [2.05, 4.69) is 5.32 Å². The number of urea groups is 1. The summed E-state index contributed by atoms with van der Waals surface area (Å²) < 4.78 is 0. The van der Waals surface area contributed by atoms with Crippen molar-refractivity contribution in [2.75, 3.05) is 11.1 Å². The molecule has 0 atom stereocenters. The molecule has 0 saturated carbocycles. The first-order valence-electron chi connectivity index (χ1n) is 4.94. The molecule has 0 radical (unpaired) electrons. The zero-order chi connectivity index (χ0) is 12.8. The van der Waals surface area contributed by atoms with Crippen molar-refractivity contribution in [3.8, 4) is 0 Å². The molecule has 90 valence electrons. The minimum absolute atomic E-state index is 0.311. The maximum atomic E-state index is 11.3. The number of carbonyl (C=O) groups is 3. The van der Waals surface area contributed by atoms with Crippen LogP contribution in [0.2, 0.25) is 0 Å². The lowest BCUT2D eigenvalue weighted by Gasteiger charge is -2.07. The van der Waals surface area contributed by atoms with Crippen LogP contribution < -0.4 is 16.4 Å². The minimum atomic E-state index is -0.714. The van der Waals surface area contributed by atoms with E-state index >= 15 is 0 Å². The number of Topliss-reactive ketones (excluding diaryl/α,β-unsaturated/α-hetero) is 1. The number of ketones is 1. The lowest BCUT2D eigenvalue weighted by molar-refractivity contribution is -0.126. The molecule has 0 aliphatic rings. The smallest absolute Gasteiger partial charge is 0.325 e. The summed E-state index contributed by atoms with van der Waals surface area (Å²) in [6, 6.07) is 5.93. The molecule has 0 aliphatic heterocycles. The van der Waals surface area contributed by atoms with Crippen LogP contribution >= 0.6 is 0 Å². The van der Waals surface area contributed by atoms with E-state index in [1.54, 1.807) is 24.3 Å². The fourth-order valence-electron chi connectivity index (χ4n) is 1.16. The highest BCUT2D eigenvalue weighted by Crippen LogP contribution is 2.16. The van der Waals surface area contributed by atoms with Crippen LogP contribution in [-0.2, 0) is 9.59 Å². The summed E-state index contributed by atoms with van der Waals surface area (Å²) in [5.41, 5.74) is 6.39. The van der Waals surface area contributed by atoms with Gasteiger partial charge >= 0.3 is 6.03 Å². The van der Waals surface area contributed by atoms with Crippen molar-refractivity contribution in [1.82, 2.24) is 5.32 Å². The van der Waals surface area contributed by atoms with Crippen LogP contribution in [0.4, 0.5) is 16.2 Å². The second kappa shape index (κ2) is 5.64. The van der Waals surface area contributed by atoms with Gasteiger partial charge < -0.3 is 11.1 Å². The minimum Gasteiger partial charge on any atom is -0.397 e. The van der Waals surface area contributed by atoms with Crippen LogP contribution in [0.25, 0.3) is 0 Å². The van der Waals surface area contributed by atoms with Gasteiger partial charge in [-0.3, -0.25) is 14.9 Å². The summed E-state index contributed by atoms with van der Waals surface area (Å²) in [5.74, 6) is -0.959. The Labute approximate surface area is 98.2 Å². The summed E-state index contributed by atoms with van der Waals surface area (Å²) in [4.78, 5) is 33.1. The number of benzene rings is 1. The zero-order valence-electron chi connectivity index (χ0n) is 9.32. The highest BCUT2D eigenvalue weighted by Gasteiger charge is 2.10. The molecule has 1 aromatic rings. The van der Waals surface area contributed by atoms with Gasteiger partial charge in [0.1, 0.15) is 5.78 Å². The van der Waals surface area contributed by atoms with Gasteiger partial charge in [0.25, 0.3) is 0 Å². The topological polar surface area (TPSA) is 101 Å². The van der Waals surface area contributed by atoms with Gasteiger partial charge in [-0.2, -0.15) is 0 Å². The summed E-state index contributed by atoms with van der Waals surface area (Å²) in [6.07, 6.45) is -0.322. The van der Waals surface area contributed by atoms with E-state index in [1.807, 2.05) is 5.32 Å². The first-order valence-corrected chi connectivity index (χ1v) is 4.94. The summed E-state index contributed by atoms with van der Waals surface area (Å²) in [5, 5.41) is 4.43. The third-order valence-corrected chi connectivity index (χ3v) is 1.87. The maximum Gasteiger partial charge on any atom is 0.325 e. The van der Waals surface area contributed by atoms with Crippen LogP contribution in [0.5, 0.6) is 0 Å². The summed E-state index contributed by atoms with van der Waals surface area (Å²) in [6.45, 7) is 1.27. The zero-order valence-corrected chi connectivity index (χ0v) is 9.32. The first kappa shape index (κ1) is 12.7. The maximum absolute atomic E-state index is 11.3. The number of nitrogens with one attached hydrogen (secondary N) is 2. The molecule has 17 heavy (non-hydrogen) atoms. The number of carbonyl (C=O) groups excluding carboxylic acids is 3. The number of amides is 3. The van der Waals surface area contributed by atoms with E-state index in [1.165, 1.54) is 6.92 Å². The van der Waals surface area contributed by atoms with E-state index < -0.39 is 11.9 Å². The normalized spacial score (nSPS) is 9.47. The van der Waals surface area contributed by atoms with Crippen molar-refractivity contribution in [2.24, 2.45) is 0 Å². The molecule has 0 unspecified atom stereocenters. The van der Waals surface area contributed by atoms with Gasteiger partial charge in [0, 0.05) is 0 Å². The Morgan fingerprint density at radius 1 is 1.24 bits per heavy atom. The van der Waals surface area contributed by atoms with Crippen LogP contribution in [0.3, 0.4) is 0 Å². The van der Waals surface area contributed by atoms with Gasteiger partial charge in [-0.25, -0.2) is 4.79 Å². The van der Waals surface area contributed by atoms with E-state index in [-0.39, 0.29) is 12.2 Å². The number of imide groups is 1. The molecule has 4 N–H and O–H groups in total.